The fraction of sp³-hybridized carbons (Fsp3) is 0.238. The Morgan fingerprint density at radius 2 is 1.81 bits per heavy atom. The van der Waals surface area contributed by atoms with Gasteiger partial charge in [-0.3, -0.25) is 14.5 Å². The molecule has 1 atom stereocenters. The van der Waals surface area contributed by atoms with Gasteiger partial charge in [0, 0.05) is 17.8 Å². The van der Waals surface area contributed by atoms with E-state index in [0.29, 0.717) is 24.4 Å². The lowest BCUT2D eigenvalue weighted by atomic mass is 10.1. The van der Waals surface area contributed by atoms with E-state index in [1.54, 1.807) is 30.3 Å². The smallest absolute Gasteiger partial charge is 0.248 e. The Morgan fingerprint density at radius 3 is 2.37 bits per heavy atom. The van der Waals surface area contributed by atoms with E-state index in [-0.39, 0.29) is 11.9 Å². The standard InChI is InChI=1S/C21H25N3O3/c1-4-13-27-19-11-5-16(6-12-19)14-24(3)15(2)21(26)23-18-9-7-17(8-10-18)20(22)25/h4-12,15H,1,13-14H2,2-3H3,(H2,22,25)(H,23,26). The molecule has 2 aromatic carbocycles. The molecule has 2 amide bonds. The first-order valence-electron chi connectivity index (χ1n) is 8.64. The van der Waals surface area contributed by atoms with Crippen molar-refractivity contribution in [1.82, 2.24) is 4.90 Å². The Morgan fingerprint density at radius 1 is 1.19 bits per heavy atom. The quantitative estimate of drug-likeness (QED) is 0.668. The SMILES string of the molecule is C=CCOc1ccc(CN(C)C(C)C(=O)Nc2ccc(C(N)=O)cc2)cc1. The zero-order chi connectivity index (χ0) is 19.8. The lowest BCUT2D eigenvalue weighted by molar-refractivity contribution is -0.120. The summed E-state index contributed by atoms with van der Waals surface area (Å²) in [5.41, 5.74) is 7.31. The largest absolute Gasteiger partial charge is 0.490 e. The molecule has 0 fully saturated rings. The molecular weight excluding hydrogens is 342 g/mol. The van der Waals surface area contributed by atoms with Crippen molar-refractivity contribution in [2.45, 2.75) is 19.5 Å². The zero-order valence-corrected chi connectivity index (χ0v) is 15.6. The van der Waals surface area contributed by atoms with E-state index >= 15 is 0 Å². The van der Waals surface area contributed by atoms with Crippen LogP contribution < -0.4 is 15.8 Å². The van der Waals surface area contributed by atoms with Gasteiger partial charge >= 0.3 is 0 Å². The Balaban J connectivity index is 1.91. The van der Waals surface area contributed by atoms with Gasteiger partial charge in [0.15, 0.2) is 0 Å². The molecule has 0 radical (unpaired) electrons. The fourth-order valence-electron chi connectivity index (χ4n) is 2.44. The summed E-state index contributed by atoms with van der Waals surface area (Å²) < 4.78 is 5.47. The van der Waals surface area contributed by atoms with Crippen molar-refractivity contribution in [2.75, 3.05) is 19.0 Å². The Hall–Kier alpha value is -3.12. The summed E-state index contributed by atoms with van der Waals surface area (Å²) in [6.45, 7) is 6.55. The monoisotopic (exact) mass is 367 g/mol. The van der Waals surface area contributed by atoms with E-state index in [9.17, 15) is 9.59 Å². The van der Waals surface area contributed by atoms with Crippen LogP contribution in [0.4, 0.5) is 5.69 Å². The summed E-state index contributed by atoms with van der Waals surface area (Å²) in [6, 6.07) is 13.9. The van der Waals surface area contributed by atoms with Crippen LogP contribution in [0.15, 0.2) is 61.2 Å². The molecule has 0 aromatic heterocycles. The molecular formula is C21H25N3O3. The first-order chi connectivity index (χ1) is 12.9. The molecule has 27 heavy (non-hydrogen) atoms. The average Bonchev–Trinajstić information content (AvgIpc) is 2.67. The van der Waals surface area contributed by atoms with Gasteiger partial charge in [-0.2, -0.15) is 0 Å². The number of primary amides is 1. The maximum atomic E-state index is 12.5. The maximum Gasteiger partial charge on any atom is 0.248 e. The van der Waals surface area contributed by atoms with Crippen molar-refractivity contribution in [1.29, 1.82) is 0 Å². The van der Waals surface area contributed by atoms with Gasteiger partial charge in [0.2, 0.25) is 11.8 Å². The van der Waals surface area contributed by atoms with Gasteiger partial charge in [-0.1, -0.05) is 24.8 Å². The van der Waals surface area contributed by atoms with Gasteiger partial charge in [-0.15, -0.1) is 0 Å². The third kappa shape index (κ3) is 5.97. The van der Waals surface area contributed by atoms with E-state index < -0.39 is 5.91 Å². The number of hydrogen-bond donors (Lipinski definition) is 2. The molecule has 142 valence electrons. The average molecular weight is 367 g/mol. The highest BCUT2D eigenvalue weighted by atomic mass is 16.5. The molecule has 1 unspecified atom stereocenters. The van der Waals surface area contributed by atoms with Crippen LogP contribution in [0.1, 0.15) is 22.8 Å². The van der Waals surface area contributed by atoms with Crippen molar-refractivity contribution >= 4 is 17.5 Å². The number of benzene rings is 2. The third-order valence-corrected chi connectivity index (χ3v) is 4.20. The summed E-state index contributed by atoms with van der Waals surface area (Å²) in [5.74, 6) is 0.156. The summed E-state index contributed by atoms with van der Waals surface area (Å²) in [4.78, 5) is 25.5. The molecule has 2 aromatic rings. The van der Waals surface area contributed by atoms with Crippen LogP contribution in [-0.2, 0) is 11.3 Å². The van der Waals surface area contributed by atoms with E-state index in [0.717, 1.165) is 11.3 Å². The van der Waals surface area contributed by atoms with E-state index in [1.807, 2.05) is 43.1 Å². The highest BCUT2D eigenvalue weighted by Gasteiger charge is 2.18. The lowest BCUT2D eigenvalue weighted by Gasteiger charge is -2.24. The molecule has 0 aliphatic carbocycles. The first kappa shape index (κ1) is 20.2. The molecule has 0 bridgehead atoms. The molecule has 3 N–H and O–H groups in total. The summed E-state index contributed by atoms with van der Waals surface area (Å²) in [6.07, 6.45) is 1.70. The highest BCUT2D eigenvalue weighted by molar-refractivity contribution is 5.96. The number of hydrogen-bond acceptors (Lipinski definition) is 4. The second-order valence-corrected chi connectivity index (χ2v) is 6.27. The molecule has 2 rings (SSSR count). The van der Waals surface area contributed by atoms with Gasteiger partial charge in [0.25, 0.3) is 0 Å². The van der Waals surface area contributed by atoms with Crippen molar-refractivity contribution < 1.29 is 14.3 Å². The molecule has 0 aliphatic rings. The van der Waals surface area contributed by atoms with E-state index in [2.05, 4.69) is 11.9 Å². The number of likely N-dealkylation sites (N-methyl/N-ethyl adjacent to an activating group) is 1. The van der Waals surface area contributed by atoms with Crippen molar-refractivity contribution in [3.8, 4) is 5.75 Å². The van der Waals surface area contributed by atoms with Crippen LogP contribution in [0.2, 0.25) is 0 Å². The number of ether oxygens (including phenoxy) is 1. The van der Waals surface area contributed by atoms with Crippen molar-refractivity contribution in [3.63, 3.8) is 0 Å². The van der Waals surface area contributed by atoms with Crippen LogP contribution in [-0.4, -0.2) is 36.4 Å². The molecule has 6 heteroatoms. The first-order valence-corrected chi connectivity index (χ1v) is 8.64. The third-order valence-electron chi connectivity index (χ3n) is 4.20. The number of anilines is 1. The van der Waals surface area contributed by atoms with Gasteiger partial charge < -0.3 is 15.8 Å². The molecule has 0 saturated carbocycles. The number of rotatable bonds is 9. The second-order valence-electron chi connectivity index (χ2n) is 6.27. The van der Waals surface area contributed by atoms with Crippen LogP contribution in [0.3, 0.4) is 0 Å². The summed E-state index contributed by atoms with van der Waals surface area (Å²) in [5, 5.41) is 2.84. The topological polar surface area (TPSA) is 84.7 Å². The van der Waals surface area contributed by atoms with Gasteiger partial charge in [0.05, 0.1) is 6.04 Å². The van der Waals surface area contributed by atoms with Gasteiger partial charge in [0.1, 0.15) is 12.4 Å². The summed E-state index contributed by atoms with van der Waals surface area (Å²) >= 11 is 0. The maximum absolute atomic E-state index is 12.5. The molecule has 0 spiro atoms. The molecule has 0 saturated heterocycles. The number of amides is 2. The van der Waals surface area contributed by atoms with Crippen LogP contribution in [0.25, 0.3) is 0 Å². The number of carbonyl (C=O) groups excluding carboxylic acids is 2. The fourth-order valence-corrected chi connectivity index (χ4v) is 2.44. The minimum atomic E-state index is -0.498. The van der Waals surface area contributed by atoms with Crippen LogP contribution in [0, 0.1) is 0 Å². The van der Waals surface area contributed by atoms with Crippen LogP contribution >= 0.6 is 0 Å². The Labute approximate surface area is 159 Å². The number of nitrogens with one attached hydrogen (secondary N) is 1. The molecule has 0 heterocycles. The van der Waals surface area contributed by atoms with E-state index in [1.165, 1.54) is 0 Å². The predicted octanol–water partition coefficient (Wildman–Crippen LogP) is 2.81. The highest BCUT2D eigenvalue weighted by Crippen LogP contribution is 2.15. The van der Waals surface area contributed by atoms with Crippen molar-refractivity contribution in [2.24, 2.45) is 5.73 Å². The minimum absolute atomic E-state index is 0.129. The minimum Gasteiger partial charge on any atom is -0.490 e. The zero-order valence-electron chi connectivity index (χ0n) is 15.6. The Kier molecular flexibility index (Phi) is 7.14. The normalized spacial score (nSPS) is 11.7. The lowest BCUT2D eigenvalue weighted by Crippen LogP contribution is -2.39. The van der Waals surface area contributed by atoms with Gasteiger partial charge in [-0.25, -0.2) is 0 Å². The second kappa shape index (κ2) is 9.54. The summed E-state index contributed by atoms with van der Waals surface area (Å²) in [7, 11) is 1.89. The van der Waals surface area contributed by atoms with Gasteiger partial charge in [-0.05, 0) is 55.9 Å². The predicted molar refractivity (Wildman–Crippen MR) is 107 cm³/mol. The number of nitrogens with zero attached hydrogens (tertiary/aromatic N) is 1. The number of carbonyl (C=O) groups is 2. The van der Waals surface area contributed by atoms with Crippen molar-refractivity contribution in [3.05, 3.63) is 72.3 Å². The van der Waals surface area contributed by atoms with E-state index in [4.69, 9.17) is 10.5 Å². The molecule has 6 nitrogen and oxygen atoms in total. The van der Waals surface area contributed by atoms with Crippen LogP contribution in [0.5, 0.6) is 5.75 Å². The number of nitrogens with two attached hydrogens (primary N) is 1. The Bertz CT molecular complexity index is 785. The molecule has 0 aliphatic heterocycles.